The van der Waals surface area contributed by atoms with E-state index >= 15 is 0 Å². The Labute approximate surface area is 129 Å². The molecule has 3 heteroatoms. The second kappa shape index (κ2) is 5.82. The van der Waals surface area contributed by atoms with Gasteiger partial charge < -0.3 is 14.7 Å². The molecule has 5 aliphatic rings. The molecule has 0 radical (unpaired) electrons. The highest BCUT2D eigenvalue weighted by Gasteiger charge is 2.51. The number of hydrogen-bond acceptors (Lipinski definition) is 3. The van der Waals surface area contributed by atoms with Crippen LogP contribution in [0.5, 0.6) is 0 Å². The van der Waals surface area contributed by atoms with Crippen molar-refractivity contribution in [3.63, 3.8) is 0 Å². The Morgan fingerprint density at radius 2 is 1.52 bits per heavy atom. The Morgan fingerprint density at radius 1 is 0.952 bits per heavy atom. The molecule has 120 valence electrons. The first kappa shape index (κ1) is 14.5. The molecule has 1 aliphatic heterocycles. The molecule has 1 N–H and O–H groups in total. The number of ether oxygens (including phenoxy) is 1. The van der Waals surface area contributed by atoms with E-state index in [9.17, 15) is 5.11 Å². The summed E-state index contributed by atoms with van der Waals surface area (Å²) < 4.78 is 6.37. The monoisotopic (exact) mass is 293 g/mol. The summed E-state index contributed by atoms with van der Waals surface area (Å²) in [5.74, 6) is 2.78. The first-order chi connectivity index (χ1) is 10.2. The van der Waals surface area contributed by atoms with Gasteiger partial charge in [0, 0.05) is 6.54 Å². The molecular formula is C18H31NO2. The van der Waals surface area contributed by atoms with Crippen molar-refractivity contribution in [1.82, 2.24) is 4.90 Å². The molecule has 0 spiro atoms. The molecule has 3 nitrogen and oxygen atoms in total. The van der Waals surface area contributed by atoms with Crippen LogP contribution < -0.4 is 0 Å². The van der Waals surface area contributed by atoms with Crippen LogP contribution in [-0.4, -0.2) is 48.0 Å². The van der Waals surface area contributed by atoms with Crippen LogP contribution >= 0.6 is 0 Å². The highest BCUT2D eigenvalue weighted by molar-refractivity contribution is 5.03. The minimum absolute atomic E-state index is 0.150. The van der Waals surface area contributed by atoms with Crippen molar-refractivity contribution in [2.45, 2.75) is 69.5 Å². The molecule has 4 aliphatic carbocycles. The summed E-state index contributed by atoms with van der Waals surface area (Å²) >= 11 is 0. The van der Waals surface area contributed by atoms with Gasteiger partial charge in [-0.15, -0.1) is 0 Å². The third kappa shape index (κ3) is 3.16. The SMILES string of the molecule is O[C@@H](COC12CC3CC(CC(C3)C1)C2)CN1CCCCC1. The summed E-state index contributed by atoms with van der Waals surface area (Å²) in [7, 11) is 0. The van der Waals surface area contributed by atoms with Crippen LogP contribution in [0.3, 0.4) is 0 Å². The maximum Gasteiger partial charge on any atom is 0.0900 e. The van der Waals surface area contributed by atoms with Gasteiger partial charge in [0.15, 0.2) is 0 Å². The van der Waals surface area contributed by atoms with E-state index in [1.54, 1.807) is 0 Å². The summed E-state index contributed by atoms with van der Waals surface area (Å²) in [4.78, 5) is 2.41. The largest absolute Gasteiger partial charge is 0.389 e. The number of hydrogen-bond donors (Lipinski definition) is 1. The molecule has 0 aromatic rings. The van der Waals surface area contributed by atoms with E-state index in [2.05, 4.69) is 4.90 Å². The Morgan fingerprint density at radius 3 is 2.10 bits per heavy atom. The predicted molar refractivity (Wildman–Crippen MR) is 83.2 cm³/mol. The summed E-state index contributed by atoms with van der Waals surface area (Å²) in [6.45, 7) is 3.69. The van der Waals surface area contributed by atoms with Crippen LogP contribution in [0.4, 0.5) is 0 Å². The zero-order chi connectivity index (χ0) is 14.3. The van der Waals surface area contributed by atoms with E-state index in [-0.39, 0.29) is 11.7 Å². The van der Waals surface area contributed by atoms with Crippen molar-refractivity contribution in [3.8, 4) is 0 Å². The number of piperidine rings is 1. The number of nitrogens with zero attached hydrogens (tertiary/aromatic N) is 1. The summed E-state index contributed by atoms with van der Waals surface area (Å²) in [5, 5.41) is 10.3. The molecule has 21 heavy (non-hydrogen) atoms. The maximum atomic E-state index is 10.3. The summed E-state index contributed by atoms with van der Waals surface area (Å²) in [5.41, 5.74) is 0.150. The van der Waals surface area contributed by atoms with Crippen molar-refractivity contribution in [2.75, 3.05) is 26.2 Å². The molecule has 4 saturated carbocycles. The molecule has 1 saturated heterocycles. The first-order valence-corrected chi connectivity index (χ1v) is 9.25. The van der Waals surface area contributed by atoms with Gasteiger partial charge in [0.2, 0.25) is 0 Å². The minimum Gasteiger partial charge on any atom is -0.389 e. The molecule has 0 unspecified atom stereocenters. The second-order valence-corrected chi connectivity index (χ2v) is 8.43. The third-order valence-corrected chi connectivity index (χ3v) is 6.48. The lowest BCUT2D eigenvalue weighted by Gasteiger charge is -2.56. The van der Waals surface area contributed by atoms with Gasteiger partial charge in [-0.3, -0.25) is 0 Å². The van der Waals surface area contributed by atoms with Gasteiger partial charge in [-0.25, -0.2) is 0 Å². The van der Waals surface area contributed by atoms with Crippen LogP contribution in [0.25, 0.3) is 0 Å². The molecule has 5 rings (SSSR count). The topological polar surface area (TPSA) is 32.7 Å². The molecule has 0 amide bonds. The molecule has 1 heterocycles. The van der Waals surface area contributed by atoms with E-state index in [0.717, 1.165) is 37.4 Å². The predicted octanol–water partition coefficient (Wildman–Crippen LogP) is 2.82. The van der Waals surface area contributed by atoms with Gasteiger partial charge in [-0.05, 0) is 82.2 Å². The van der Waals surface area contributed by atoms with E-state index < -0.39 is 0 Å². The minimum atomic E-state index is -0.295. The van der Waals surface area contributed by atoms with E-state index in [4.69, 9.17) is 4.74 Å². The molecule has 5 fully saturated rings. The van der Waals surface area contributed by atoms with E-state index in [1.165, 1.54) is 57.8 Å². The van der Waals surface area contributed by atoms with Gasteiger partial charge in [0.05, 0.1) is 18.3 Å². The van der Waals surface area contributed by atoms with E-state index in [0.29, 0.717) is 6.61 Å². The summed E-state index contributed by atoms with van der Waals surface area (Å²) in [6.07, 6.45) is 11.8. The smallest absolute Gasteiger partial charge is 0.0900 e. The van der Waals surface area contributed by atoms with Gasteiger partial charge >= 0.3 is 0 Å². The number of aliphatic hydroxyl groups excluding tert-OH is 1. The fourth-order valence-electron chi connectivity index (χ4n) is 5.97. The maximum absolute atomic E-state index is 10.3. The standard InChI is InChI=1S/C18H31NO2/c20-17(12-19-4-2-1-3-5-19)13-21-18-9-14-6-15(10-18)8-16(7-14)11-18/h14-17,20H,1-13H2/t14?,15?,16?,17-,18?/m1/s1. The van der Waals surface area contributed by atoms with Gasteiger partial charge in [0.1, 0.15) is 0 Å². The van der Waals surface area contributed by atoms with Gasteiger partial charge in [-0.2, -0.15) is 0 Å². The van der Waals surface area contributed by atoms with Gasteiger partial charge in [0.25, 0.3) is 0 Å². The Balaban J connectivity index is 1.28. The fraction of sp³-hybridized carbons (Fsp3) is 1.00. The van der Waals surface area contributed by atoms with Gasteiger partial charge in [-0.1, -0.05) is 6.42 Å². The van der Waals surface area contributed by atoms with Crippen LogP contribution in [-0.2, 0) is 4.74 Å². The lowest BCUT2D eigenvalue weighted by atomic mass is 9.54. The van der Waals surface area contributed by atoms with Crippen LogP contribution in [0.2, 0.25) is 0 Å². The van der Waals surface area contributed by atoms with Crippen molar-refractivity contribution in [1.29, 1.82) is 0 Å². The van der Waals surface area contributed by atoms with Crippen LogP contribution in [0, 0.1) is 17.8 Å². The van der Waals surface area contributed by atoms with Crippen molar-refractivity contribution in [2.24, 2.45) is 17.8 Å². The number of rotatable bonds is 5. The van der Waals surface area contributed by atoms with Crippen LogP contribution in [0.1, 0.15) is 57.8 Å². The number of likely N-dealkylation sites (tertiary alicyclic amines) is 1. The molecular weight excluding hydrogens is 262 g/mol. The Bertz CT molecular complexity index is 329. The fourth-order valence-corrected chi connectivity index (χ4v) is 5.97. The average molecular weight is 293 g/mol. The lowest BCUT2D eigenvalue weighted by molar-refractivity contribution is -0.176. The average Bonchev–Trinajstić information content (AvgIpc) is 2.45. The number of aliphatic hydroxyl groups is 1. The number of β-amino-alcohol motifs (C(OH)–C–C–N with tert-alkyl or cyclic N) is 1. The van der Waals surface area contributed by atoms with Crippen molar-refractivity contribution in [3.05, 3.63) is 0 Å². The molecule has 0 aromatic carbocycles. The van der Waals surface area contributed by atoms with Crippen molar-refractivity contribution < 1.29 is 9.84 Å². The molecule has 0 aromatic heterocycles. The zero-order valence-corrected chi connectivity index (χ0v) is 13.3. The normalized spacial score (nSPS) is 44.1. The van der Waals surface area contributed by atoms with Crippen molar-refractivity contribution >= 4 is 0 Å². The summed E-state index contributed by atoms with van der Waals surface area (Å²) in [6, 6.07) is 0. The second-order valence-electron chi connectivity index (χ2n) is 8.43. The highest BCUT2D eigenvalue weighted by Crippen LogP contribution is 2.57. The lowest BCUT2D eigenvalue weighted by Crippen LogP contribution is -2.53. The Kier molecular flexibility index (Phi) is 4.01. The first-order valence-electron chi connectivity index (χ1n) is 9.25. The third-order valence-electron chi connectivity index (χ3n) is 6.48. The molecule has 4 bridgehead atoms. The van der Waals surface area contributed by atoms with E-state index in [1.807, 2.05) is 0 Å². The zero-order valence-electron chi connectivity index (χ0n) is 13.3. The highest BCUT2D eigenvalue weighted by atomic mass is 16.5. The Hall–Kier alpha value is -0.120. The quantitative estimate of drug-likeness (QED) is 0.846. The van der Waals surface area contributed by atoms with Crippen LogP contribution in [0.15, 0.2) is 0 Å². The molecule has 1 atom stereocenters.